The van der Waals surface area contributed by atoms with Crippen LogP contribution in [0.25, 0.3) is 16.6 Å². The van der Waals surface area contributed by atoms with Crippen LogP contribution < -0.4 is 15.5 Å². The van der Waals surface area contributed by atoms with Crippen molar-refractivity contribution in [3.63, 3.8) is 0 Å². The topological polar surface area (TPSA) is 127 Å². The van der Waals surface area contributed by atoms with Gasteiger partial charge in [-0.3, -0.25) is 4.68 Å². The van der Waals surface area contributed by atoms with E-state index in [0.29, 0.717) is 5.95 Å². The van der Waals surface area contributed by atoms with Crippen molar-refractivity contribution in [3.8, 4) is 11.1 Å². The van der Waals surface area contributed by atoms with Crippen molar-refractivity contribution in [2.24, 2.45) is 5.73 Å². The molecular formula is C29H31FN10O. The third-order valence-corrected chi connectivity index (χ3v) is 8.33. The highest BCUT2D eigenvalue weighted by molar-refractivity contribution is 5.77. The SMILES string of the molecule is CC(N)(c1ccc(F)cc1)c1cnc(N2CCN(c3ncnn4cc(-c5cnn([C@H]6C[C@@H](O)C6)c5)cc34)CC2)nc1. The zero-order valence-electron chi connectivity index (χ0n) is 22.7. The maximum atomic E-state index is 13.4. The second-order valence-electron chi connectivity index (χ2n) is 11.1. The van der Waals surface area contributed by atoms with Crippen LogP contribution in [-0.2, 0) is 5.54 Å². The summed E-state index contributed by atoms with van der Waals surface area (Å²) in [4.78, 5) is 18.3. The zero-order chi connectivity index (χ0) is 28.1. The quantitative estimate of drug-likeness (QED) is 0.326. The van der Waals surface area contributed by atoms with Crippen LogP contribution in [0, 0.1) is 5.82 Å². The van der Waals surface area contributed by atoms with Crippen LogP contribution in [0.1, 0.15) is 36.9 Å². The Kier molecular flexibility index (Phi) is 6.16. The normalized spacial score (nSPS) is 20.7. The molecule has 0 amide bonds. The van der Waals surface area contributed by atoms with E-state index in [1.807, 2.05) is 34.7 Å². The average Bonchev–Trinajstić information content (AvgIpc) is 3.63. The number of aliphatic hydroxyl groups is 1. The van der Waals surface area contributed by atoms with Gasteiger partial charge in [-0.05, 0) is 43.5 Å². The maximum absolute atomic E-state index is 13.4. The number of rotatable bonds is 6. The summed E-state index contributed by atoms with van der Waals surface area (Å²) in [6, 6.07) is 8.56. The van der Waals surface area contributed by atoms with Crippen molar-refractivity contribution >= 4 is 17.3 Å². The summed E-state index contributed by atoms with van der Waals surface area (Å²) in [5.74, 6) is 1.24. The molecule has 12 heteroatoms. The van der Waals surface area contributed by atoms with Crippen molar-refractivity contribution in [2.45, 2.75) is 37.5 Å². The van der Waals surface area contributed by atoms with Gasteiger partial charge in [0.15, 0.2) is 5.82 Å². The van der Waals surface area contributed by atoms with Crippen molar-refractivity contribution < 1.29 is 9.50 Å². The zero-order valence-corrected chi connectivity index (χ0v) is 22.7. The Morgan fingerprint density at radius 1 is 0.878 bits per heavy atom. The standard InChI is InChI=1S/C29H31FN10O/c1-29(31,21-2-4-23(30)5-3-21)22-14-32-28(33-15-22)38-8-6-37(7-9-38)27-26-10-19(16-40(26)36-18-34-27)20-13-35-39(17-20)24-11-25(41)12-24/h2-5,10,13-18,24-25,41H,6-9,11-12,31H2,1H3/t24-,25+,29?. The maximum Gasteiger partial charge on any atom is 0.225 e. The van der Waals surface area contributed by atoms with Crippen LogP contribution in [0.4, 0.5) is 16.2 Å². The van der Waals surface area contributed by atoms with Gasteiger partial charge in [-0.15, -0.1) is 0 Å². The molecule has 1 unspecified atom stereocenters. The van der Waals surface area contributed by atoms with Crippen molar-refractivity contribution in [1.82, 2.24) is 34.3 Å². The number of piperazine rings is 1. The van der Waals surface area contributed by atoms with E-state index < -0.39 is 5.54 Å². The number of halogens is 1. The van der Waals surface area contributed by atoms with E-state index in [-0.39, 0.29) is 18.0 Å². The molecule has 3 N–H and O–H groups in total. The Hall–Kier alpha value is -4.42. The van der Waals surface area contributed by atoms with Crippen LogP contribution in [0.15, 0.2) is 67.6 Å². The van der Waals surface area contributed by atoms with Gasteiger partial charge in [0.2, 0.25) is 5.95 Å². The summed E-state index contributed by atoms with van der Waals surface area (Å²) >= 11 is 0. The first-order valence-corrected chi connectivity index (χ1v) is 13.8. The summed E-state index contributed by atoms with van der Waals surface area (Å²) in [5.41, 5.74) is 10.3. The fourth-order valence-corrected chi connectivity index (χ4v) is 5.61. The summed E-state index contributed by atoms with van der Waals surface area (Å²) in [6.45, 7) is 4.86. The van der Waals surface area contributed by atoms with E-state index in [0.717, 1.165) is 72.6 Å². The molecule has 5 aromatic rings. The summed E-state index contributed by atoms with van der Waals surface area (Å²) in [6.07, 6.45) is 12.3. The highest BCUT2D eigenvalue weighted by Gasteiger charge is 2.30. The molecule has 210 valence electrons. The second-order valence-corrected chi connectivity index (χ2v) is 11.1. The summed E-state index contributed by atoms with van der Waals surface area (Å²) in [7, 11) is 0. The monoisotopic (exact) mass is 554 g/mol. The highest BCUT2D eigenvalue weighted by Crippen LogP contribution is 2.34. The molecule has 4 aromatic heterocycles. The van der Waals surface area contributed by atoms with Gasteiger partial charge in [0.1, 0.15) is 17.7 Å². The predicted octanol–water partition coefficient (Wildman–Crippen LogP) is 2.77. The molecule has 0 bridgehead atoms. The number of nitrogens with zero attached hydrogens (tertiary/aromatic N) is 9. The number of benzene rings is 1. The molecule has 2 aliphatic rings. The lowest BCUT2D eigenvalue weighted by Crippen LogP contribution is -2.47. The van der Waals surface area contributed by atoms with Gasteiger partial charge in [-0.1, -0.05) is 12.1 Å². The number of anilines is 2. The number of fused-ring (bicyclic) bond motifs is 1. The van der Waals surface area contributed by atoms with Crippen LogP contribution >= 0.6 is 0 Å². The van der Waals surface area contributed by atoms with Gasteiger partial charge in [-0.25, -0.2) is 23.9 Å². The molecule has 1 aromatic carbocycles. The Morgan fingerprint density at radius 2 is 1.59 bits per heavy atom. The minimum Gasteiger partial charge on any atom is -0.393 e. The van der Waals surface area contributed by atoms with Crippen LogP contribution in [0.2, 0.25) is 0 Å². The second kappa shape index (κ2) is 9.89. The fourth-order valence-electron chi connectivity index (χ4n) is 5.61. The van der Waals surface area contributed by atoms with Gasteiger partial charge >= 0.3 is 0 Å². The minimum absolute atomic E-state index is 0.219. The van der Waals surface area contributed by atoms with Crippen molar-refractivity contribution in [3.05, 3.63) is 84.6 Å². The van der Waals surface area contributed by atoms with Crippen LogP contribution in [0.3, 0.4) is 0 Å². The van der Waals surface area contributed by atoms with E-state index in [1.165, 1.54) is 12.1 Å². The van der Waals surface area contributed by atoms with Gasteiger partial charge in [0.25, 0.3) is 0 Å². The molecule has 7 rings (SSSR count). The first-order valence-electron chi connectivity index (χ1n) is 13.8. The molecule has 41 heavy (non-hydrogen) atoms. The van der Waals surface area contributed by atoms with Gasteiger partial charge in [-0.2, -0.15) is 10.2 Å². The van der Waals surface area contributed by atoms with E-state index in [9.17, 15) is 9.50 Å². The molecule has 1 aliphatic carbocycles. The predicted molar refractivity (Wildman–Crippen MR) is 152 cm³/mol. The minimum atomic E-state index is -0.836. The summed E-state index contributed by atoms with van der Waals surface area (Å²) in [5, 5.41) is 18.6. The molecule has 1 aliphatic heterocycles. The van der Waals surface area contributed by atoms with Crippen LogP contribution in [0.5, 0.6) is 0 Å². The van der Waals surface area contributed by atoms with Crippen molar-refractivity contribution in [1.29, 1.82) is 0 Å². The molecule has 2 fully saturated rings. The third-order valence-electron chi connectivity index (χ3n) is 8.33. The first kappa shape index (κ1) is 25.5. The molecule has 1 atom stereocenters. The largest absolute Gasteiger partial charge is 0.393 e. The van der Waals surface area contributed by atoms with Gasteiger partial charge in [0.05, 0.1) is 23.9 Å². The molecule has 11 nitrogen and oxygen atoms in total. The molecule has 5 heterocycles. The number of hydrogen-bond acceptors (Lipinski definition) is 9. The molecular weight excluding hydrogens is 523 g/mol. The molecule has 1 saturated heterocycles. The van der Waals surface area contributed by atoms with E-state index in [4.69, 9.17) is 5.73 Å². The third kappa shape index (κ3) is 4.68. The van der Waals surface area contributed by atoms with Crippen LogP contribution in [-0.4, -0.2) is 71.7 Å². The molecule has 0 radical (unpaired) electrons. The lowest BCUT2D eigenvalue weighted by molar-refractivity contribution is 0.0434. The van der Waals surface area contributed by atoms with Gasteiger partial charge in [0, 0.05) is 67.7 Å². The first-order chi connectivity index (χ1) is 19.8. The van der Waals surface area contributed by atoms with E-state index in [2.05, 4.69) is 41.0 Å². The highest BCUT2D eigenvalue weighted by atomic mass is 19.1. The smallest absolute Gasteiger partial charge is 0.225 e. The summed E-state index contributed by atoms with van der Waals surface area (Å²) < 4.78 is 17.2. The number of aliphatic hydroxyl groups excluding tert-OH is 1. The fraction of sp³-hybridized carbons (Fsp3) is 0.345. The number of aromatic nitrogens is 7. The average molecular weight is 555 g/mol. The molecule has 1 saturated carbocycles. The van der Waals surface area contributed by atoms with Crippen molar-refractivity contribution in [2.75, 3.05) is 36.0 Å². The Morgan fingerprint density at radius 3 is 2.29 bits per heavy atom. The Labute approximate surface area is 236 Å². The number of nitrogens with two attached hydrogens (primary N) is 1. The molecule has 0 spiro atoms. The number of hydrogen-bond donors (Lipinski definition) is 2. The van der Waals surface area contributed by atoms with E-state index >= 15 is 0 Å². The van der Waals surface area contributed by atoms with E-state index in [1.54, 1.807) is 30.9 Å². The van der Waals surface area contributed by atoms with Gasteiger partial charge < -0.3 is 20.6 Å². The lowest BCUT2D eigenvalue weighted by Gasteiger charge is -2.35. The Bertz CT molecular complexity index is 1670. The lowest BCUT2D eigenvalue weighted by atomic mass is 9.87. The Balaban J connectivity index is 1.04.